The molecular weight excluding hydrogens is 328 g/mol. The van der Waals surface area contributed by atoms with E-state index in [9.17, 15) is 4.79 Å². The van der Waals surface area contributed by atoms with Crippen molar-refractivity contribution in [2.45, 2.75) is 0 Å². The highest BCUT2D eigenvalue weighted by atomic mass is 35.5. The Bertz CT molecular complexity index is 678. The van der Waals surface area contributed by atoms with Crippen molar-refractivity contribution >= 4 is 17.5 Å². The van der Waals surface area contributed by atoms with E-state index in [1.807, 2.05) is 36.2 Å². The van der Waals surface area contributed by atoms with Gasteiger partial charge in [-0.1, -0.05) is 11.6 Å². The second-order valence-electron chi connectivity index (χ2n) is 6.00. The number of quaternary nitrogens is 1. The molecule has 24 heavy (non-hydrogen) atoms. The molecule has 0 atom stereocenters. The summed E-state index contributed by atoms with van der Waals surface area (Å²) in [7, 11) is 1.82. The number of benzene rings is 1. The van der Waals surface area contributed by atoms with Crippen LogP contribution in [-0.4, -0.2) is 59.9 Å². The van der Waals surface area contributed by atoms with Crippen LogP contribution < -0.4 is 9.64 Å². The van der Waals surface area contributed by atoms with Crippen molar-refractivity contribution in [1.29, 1.82) is 0 Å². The molecule has 1 saturated heterocycles. The zero-order valence-electron chi connectivity index (χ0n) is 13.7. The van der Waals surface area contributed by atoms with Crippen LogP contribution in [0.25, 0.3) is 0 Å². The van der Waals surface area contributed by atoms with Crippen LogP contribution in [0.15, 0.2) is 36.7 Å². The minimum atomic E-state index is 0.0690. The number of nitrogens with zero attached hydrogens (tertiary/aromatic N) is 3. The molecule has 0 aliphatic carbocycles. The molecule has 0 spiro atoms. The normalized spacial score (nSPS) is 15.5. The van der Waals surface area contributed by atoms with Crippen LogP contribution >= 0.6 is 11.6 Å². The van der Waals surface area contributed by atoms with Crippen LogP contribution in [0, 0.1) is 0 Å². The molecule has 128 valence electrons. The molecule has 1 aromatic carbocycles. The van der Waals surface area contributed by atoms with Crippen molar-refractivity contribution < 1.29 is 14.4 Å². The van der Waals surface area contributed by atoms with Gasteiger partial charge in [-0.25, -0.2) is 0 Å². The Kier molecular flexibility index (Phi) is 5.37. The minimum absolute atomic E-state index is 0.0690. The first-order chi connectivity index (χ1) is 11.6. The number of ether oxygens (including phenoxy) is 1. The molecule has 1 aromatic heterocycles. The van der Waals surface area contributed by atoms with E-state index in [2.05, 4.69) is 5.10 Å². The van der Waals surface area contributed by atoms with Gasteiger partial charge in [0.05, 0.1) is 37.9 Å². The van der Waals surface area contributed by atoms with Gasteiger partial charge in [-0.05, 0) is 24.3 Å². The Labute approximate surface area is 146 Å². The molecule has 1 N–H and O–H groups in total. The van der Waals surface area contributed by atoms with E-state index in [-0.39, 0.29) is 5.91 Å². The number of amides is 1. The summed E-state index contributed by atoms with van der Waals surface area (Å²) < 4.78 is 7.39. The highest BCUT2D eigenvalue weighted by Gasteiger charge is 2.25. The maximum absolute atomic E-state index is 12.4. The van der Waals surface area contributed by atoms with Crippen molar-refractivity contribution in [2.24, 2.45) is 7.05 Å². The van der Waals surface area contributed by atoms with Gasteiger partial charge in [0, 0.05) is 18.3 Å². The molecule has 2 heterocycles. The first-order valence-corrected chi connectivity index (χ1v) is 8.49. The number of aromatic nitrogens is 2. The number of hydrogen-bond donors (Lipinski definition) is 1. The summed E-state index contributed by atoms with van der Waals surface area (Å²) in [5.74, 6) is 0.906. The number of rotatable bonds is 5. The predicted octanol–water partition coefficient (Wildman–Crippen LogP) is 0.493. The first-order valence-electron chi connectivity index (χ1n) is 8.11. The van der Waals surface area contributed by atoms with Crippen molar-refractivity contribution in [3.8, 4) is 5.75 Å². The molecule has 2 aromatic rings. The summed E-state index contributed by atoms with van der Waals surface area (Å²) in [6, 6.07) is 7.41. The molecule has 1 aliphatic rings. The van der Waals surface area contributed by atoms with Gasteiger partial charge < -0.3 is 14.5 Å². The average Bonchev–Trinajstić information content (AvgIpc) is 3.03. The lowest BCUT2D eigenvalue weighted by atomic mass is 10.2. The zero-order chi connectivity index (χ0) is 16.9. The summed E-state index contributed by atoms with van der Waals surface area (Å²) in [6.45, 7) is 5.00. The first kappa shape index (κ1) is 16.8. The lowest BCUT2D eigenvalue weighted by Gasteiger charge is -2.32. The highest BCUT2D eigenvalue weighted by molar-refractivity contribution is 6.30. The van der Waals surface area contributed by atoms with E-state index in [0.29, 0.717) is 17.2 Å². The molecular formula is C17H22ClN4O2+. The third kappa shape index (κ3) is 4.27. The van der Waals surface area contributed by atoms with Gasteiger partial charge >= 0.3 is 0 Å². The van der Waals surface area contributed by atoms with Gasteiger partial charge in [-0.3, -0.25) is 9.48 Å². The topological polar surface area (TPSA) is 51.8 Å². The quantitative estimate of drug-likeness (QED) is 0.855. The zero-order valence-corrected chi connectivity index (χ0v) is 14.5. The minimum Gasteiger partial charge on any atom is -0.488 e. The van der Waals surface area contributed by atoms with Crippen LogP contribution in [0.1, 0.15) is 10.4 Å². The Morgan fingerprint density at radius 1 is 1.29 bits per heavy atom. The van der Waals surface area contributed by atoms with Crippen molar-refractivity contribution in [1.82, 2.24) is 14.7 Å². The van der Waals surface area contributed by atoms with E-state index < -0.39 is 0 Å². The summed E-state index contributed by atoms with van der Waals surface area (Å²) in [6.07, 6.45) is 3.39. The van der Waals surface area contributed by atoms with Crippen molar-refractivity contribution in [3.05, 3.63) is 47.2 Å². The summed E-state index contributed by atoms with van der Waals surface area (Å²) in [5.41, 5.74) is 0.659. The number of nitrogens with one attached hydrogen (secondary N) is 1. The van der Waals surface area contributed by atoms with Crippen LogP contribution in [0.5, 0.6) is 5.75 Å². The molecule has 7 heteroatoms. The third-order valence-corrected chi connectivity index (χ3v) is 4.50. The molecule has 1 amide bonds. The Morgan fingerprint density at radius 3 is 2.62 bits per heavy atom. The smallest absolute Gasteiger partial charge is 0.257 e. The highest BCUT2D eigenvalue weighted by Crippen LogP contribution is 2.15. The maximum atomic E-state index is 12.4. The second-order valence-corrected chi connectivity index (χ2v) is 6.43. The average molecular weight is 350 g/mol. The van der Waals surface area contributed by atoms with Gasteiger partial charge in [0.15, 0.2) is 0 Å². The molecule has 0 bridgehead atoms. The number of piperazine rings is 1. The molecule has 3 rings (SSSR count). The monoisotopic (exact) mass is 349 g/mol. The summed E-state index contributed by atoms with van der Waals surface area (Å²) in [4.78, 5) is 15.7. The van der Waals surface area contributed by atoms with Gasteiger partial charge in [0.25, 0.3) is 5.91 Å². The van der Waals surface area contributed by atoms with Crippen LogP contribution in [0.2, 0.25) is 5.02 Å². The maximum Gasteiger partial charge on any atom is 0.257 e. The van der Waals surface area contributed by atoms with E-state index >= 15 is 0 Å². The van der Waals surface area contributed by atoms with E-state index in [4.69, 9.17) is 16.3 Å². The largest absolute Gasteiger partial charge is 0.488 e. The number of carbonyl (C=O) groups is 1. The summed E-state index contributed by atoms with van der Waals surface area (Å²) in [5, 5.41) is 4.77. The lowest BCUT2D eigenvalue weighted by molar-refractivity contribution is -0.903. The molecule has 0 radical (unpaired) electrons. The van der Waals surface area contributed by atoms with Crippen LogP contribution in [0.3, 0.4) is 0 Å². The molecule has 6 nitrogen and oxygen atoms in total. The van der Waals surface area contributed by atoms with Gasteiger partial charge in [0.1, 0.15) is 18.9 Å². The Balaban J connectivity index is 1.40. The number of halogens is 1. The lowest BCUT2D eigenvalue weighted by Crippen LogP contribution is -3.15. The van der Waals surface area contributed by atoms with Crippen molar-refractivity contribution in [2.75, 3.05) is 39.3 Å². The SMILES string of the molecule is Cn1cc(C(=O)N2CC[NH+](CCOc3ccc(Cl)cc3)CC2)cn1. The Morgan fingerprint density at radius 2 is 2.00 bits per heavy atom. The standard InChI is InChI=1S/C17H21ClN4O2/c1-20-13-14(12-19-20)17(23)22-8-6-21(7-9-22)10-11-24-16-4-2-15(18)3-5-16/h2-5,12-13H,6-11H2,1H3/p+1. The fourth-order valence-electron chi connectivity index (χ4n) is 2.83. The fraction of sp³-hybridized carbons (Fsp3) is 0.412. The fourth-order valence-corrected chi connectivity index (χ4v) is 2.96. The van der Waals surface area contributed by atoms with E-state index in [1.54, 1.807) is 17.1 Å². The molecule has 1 fully saturated rings. The third-order valence-electron chi connectivity index (χ3n) is 4.25. The number of hydrogen-bond acceptors (Lipinski definition) is 3. The van der Waals surface area contributed by atoms with E-state index in [0.717, 1.165) is 38.5 Å². The molecule has 0 unspecified atom stereocenters. The second kappa shape index (κ2) is 7.68. The predicted molar refractivity (Wildman–Crippen MR) is 91.6 cm³/mol. The summed E-state index contributed by atoms with van der Waals surface area (Å²) >= 11 is 5.86. The molecule has 1 aliphatic heterocycles. The molecule has 0 saturated carbocycles. The number of aryl methyl sites for hydroxylation is 1. The Hall–Kier alpha value is -2.05. The van der Waals surface area contributed by atoms with Gasteiger partial charge in [-0.15, -0.1) is 0 Å². The van der Waals surface area contributed by atoms with Gasteiger partial charge in [-0.2, -0.15) is 5.10 Å². The van der Waals surface area contributed by atoms with Gasteiger partial charge in [0.2, 0.25) is 0 Å². The van der Waals surface area contributed by atoms with Crippen LogP contribution in [0.4, 0.5) is 0 Å². The van der Waals surface area contributed by atoms with E-state index in [1.165, 1.54) is 4.90 Å². The van der Waals surface area contributed by atoms with Crippen molar-refractivity contribution in [3.63, 3.8) is 0 Å². The number of carbonyl (C=O) groups excluding carboxylic acids is 1. The van der Waals surface area contributed by atoms with Crippen LogP contribution in [-0.2, 0) is 7.05 Å².